The Morgan fingerprint density at radius 2 is 2.60 bits per heavy atom. The summed E-state index contributed by atoms with van der Waals surface area (Å²) in [6, 6.07) is 0. The van der Waals surface area contributed by atoms with Crippen LogP contribution in [-0.4, -0.2) is 37.2 Å². The highest BCUT2D eigenvalue weighted by atomic mass is 16.5. The SMILES string of the molecule is C#CCN1CCO[C@@H](C)C1. The molecule has 0 aromatic carbocycles. The molecule has 0 radical (unpaired) electrons. The van der Waals surface area contributed by atoms with Crippen molar-refractivity contribution in [2.75, 3.05) is 26.2 Å². The van der Waals surface area contributed by atoms with Crippen LogP contribution in [0.15, 0.2) is 0 Å². The molecule has 1 rings (SSSR count). The molecule has 0 bridgehead atoms. The summed E-state index contributed by atoms with van der Waals surface area (Å²) in [5.41, 5.74) is 0. The largest absolute Gasteiger partial charge is 0.376 e. The maximum absolute atomic E-state index is 5.34. The van der Waals surface area contributed by atoms with Crippen molar-refractivity contribution in [1.29, 1.82) is 0 Å². The van der Waals surface area contributed by atoms with Crippen LogP contribution in [0.5, 0.6) is 0 Å². The van der Waals surface area contributed by atoms with Gasteiger partial charge in [-0.25, -0.2) is 0 Å². The molecule has 1 heterocycles. The zero-order valence-electron chi connectivity index (χ0n) is 6.34. The average Bonchev–Trinajstić information content (AvgIpc) is 1.88. The van der Waals surface area contributed by atoms with E-state index in [0.717, 1.165) is 26.2 Å². The van der Waals surface area contributed by atoms with Gasteiger partial charge in [-0.1, -0.05) is 5.92 Å². The molecule has 0 aromatic rings. The number of ether oxygens (including phenoxy) is 1. The third kappa shape index (κ3) is 2.02. The molecule has 2 nitrogen and oxygen atoms in total. The Bertz CT molecular complexity index is 139. The number of rotatable bonds is 1. The fraction of sp³-hybridized carbons (Fsp3) is 0.750. The van der Waals surface area contributed by atoms with Gasteiger partial charge in [-0.15, -0.1) is 6.42 Å². The number of nitrogens with zero attached hydrogens (tertiary/aromatic N) is 1. The second-order valence-electron chi connectivity index (χ2n) is 2.62. The van der Waals surface area contributed by atoms with Crippen molar-refractivity contribution in [3.63, 3.8) is 0 Å². The summed E-state index contributed by atoms with van der Waals surface area (Å²) in [5.74, 6) is 2.63. The molecule has 56 valence electrons. The Hall–Kier alpha value is -0.520. The Labute approximate surface area is 62.2 Å². The number of terminal acetylenes is 1. The molecular weight excluding hydrogens is 126 g/mol. The smallest absolute Gasteiger partial charge is 0.0674 e. The third-order valence-electron chi connectivity index (χ3n) is 1.64. The molecule has 0 spiro atoms. The van der Waals surface area contributed by atoms with Crippen LogP contribution >= 0.6 is 0 Å². The van der Waals surface area contributed by atoms with Gasteiger partial charge in [0.2, 0.25) is 0 Å². The summed E-state index contributed by atoms with van der Waals surface area (Å²) in [6.07, 6.45) is 5.52. The number of morpholine rings is 1. The molecule has 1 fully saturated rings. The van der Waals surface area contributed by atoms with Gasteiger partial charge in [-0.3, -0.25) is 4.90 Å². The van der Waals surface area contributed by atoms with Gasteiger partial charge >= 0.3 is 0 Å². The maximum atomic E-state index is 5.34. The first-order valence-corrected chi connectivity index (χ1v) is 3.60. The van der Waals surface area contributed by atoms with Crippen molar-refractivity contribution < 1.29 is 4.74 Å². The molecule has 2 heteroatoms. The van der Waals surface area contributed by atoms with Gasteiger partial charge in [0.25, 0.3) is 0 Å². The summed E-state index contributed by atoms with van der Waals surface area (Å²) < 4.78 is 5.34. The minimum atomic E-state index is 0.349. The highest BCUT2D eigenvalue weighted by Crippen LogP contribution is 2.02. The molecule has 0 saturated carbocycles. The Morgan fingerprint density at radius 3 is 3.20 bits per heavy atom. The van der Waals surface area contributed by atoms with Gasteiger partial charge in [0.15, 0.2) is 0 Å². The molecule has 1 saturated heterocycles. The van der Waals surface area contributed by atoms with Gasteiger partial charge in [0, 0.05) is 13.1 Å². The quantitative estimate of drug-likeness (QED) is 0.486. The van der Waals surface area contributed by atoms with E-state index in [1.807, 2.05) is 0 Å². The van der Waals surface area contributed by atoms with Crippen molar-refractivity contribution in [3.8, 4) is 12.3 Å². The summed E-state index contributed by atoms with van der Waals surface area (Å²) in [4.78, 5) is 2.23. The van der Waals surface area contributed by atoms with Crippen LogP contribution in [-0.2, 0) is 4.74 Å². The van der Waals surface area contributed by atoms with Crippen molar-refractivity contribution >= 4 is 0 Å². The van der Waals surface area contributed by atoms with E-state index in [4.69, 9.17) is 11.2 Å². The third-order valence-corrected chi connectivity index (χ3v) is 1.64. The first-order valence-electron chi connectivity index (χ1n) is 3.60. The molecular formula is C8H13NO. The van der Waals surface area contributed by atoms with Crippen molar-refractivity contribution in [2.24, 2.45) is 0 Å². The van der Waals surface area contributed by atoms with Gasteiger partial charge in [-0.05, 0) is 6.92 Å². The summed E-state index contributed by atoms with van der Waals surface area (Å²) in [7, 11) is 0. The van der Waals surface area contributed by atoms with E-state index >= 15 is 0 Å². The van der Waals surface area contributed by atoms with Gasteiger partial charge in [0.1, 0.15) is 0 Å². The number of hydrogen-bond donors (Lipinski definition) is 0. The maximum Gasteiger partial charge on any atom is 0.0674 e. The van der Waals surface area contributed by atoms with Crippen LogP contribution in [0.25, 0.3) is 0 Å². The van der Waals surface area contributed by atoms with E-state index in [0.29, 0.717) is 6.10 Å². The van der Waals surface area contributed by atoms with E-state index in [2.05, 4.69) is 17.7 Å². The highest BCUT2D eigenvalue weighted by Gasteiger charge is 2.14. The van der Waals surface area contributed by atoms with Crippen LogP contribution in [0.4, 0.5) is 0 Å². The Balaban J connectivity index is 2.27. The lowest BCUT2D eigenvalue weighted by Gasteiger charge is -2.29. The molecule has 0 unspecified atom stereocenters. The van der Waals surface area contributed by atoms with Crippen LogP contribution in [0.1, 0.15) is 6.92 Å². The van der Waals surface area contributed by atoms with Crippen LogP contribution in [0.3, 0.4) is 0 Å². The van der Waals surface area contributed by atoms with Gasteiger partial charge in [0.05, 0.1) is 19.3 Å². The first kappa shape index (κ1) is 7.59. The monoisotopic (exact) mass is 139 g/mol. The van der Waals surface area contributed by atoms with Crippen molar-refractivity contribution in [1.82, 2.24) is 4.90 Å². The topological polar surface area (TPSA) is 12.5 Å². The predicted octanol–water partition coefficient (Wildman–Crippen LogP) is 0.340. The van der Waals surface area contributed by atoms with E-state index in [9.17, 15) is 0 Å². The standard InChI is InChI=1S/C8H13NO/c1-3-4-9-5-6-10-8(2)7-9/h1,8H,4-7H2,2H3/t8-/m0/s1. The average molecular weight is 139 g/mol. The first-order chi connectivity index (χ1) is 4.83. The second kappa shape index (κ2) is 3.60. The Kier molecular flexibility index (Phi) is 2.73. The molecule has 1 aliphatic rings. The highest BCUT2D eigenvalue weighted by molar-refractivity contribution is 4.89. The van der Waals surface area contributed by atoms with E-state index < -0.39 is 0 Å². The van der Waals surface area contributed by atoms with E-state index in [1.165, 1.54) is 0 Å². The fourth-order valence-corrected chi connectivity index (χ4v) is 1.16. The fourth-order valence-electron chi connectivity index (χ4n) is 1.16. The van der Waals surface area contributed by atoms with Gasteiger partial charge in [-0.2, -0.15) is 0 Å². The lowest BCUT2D eigenvalue weighted by Crippen LogP contribution is -2.41. The summed E-state index contributed by atoms with van der Waals surface area (Å²) in [5, 5.41) is 0. The predicted molar refractivity (Wildman–Crippen MR) is 40.7 cm³/mol. The normalized spacial score (nSPS) is 27.8. The van der Waals surface area contributed by atoms with E-state index in [-0.39, 0.29) is 0 Å². The molecule has 10 heavy (non-hydrogen) atoms. The molecule has 0 aliphatic carbocycles. The second-order valence-corrected chi connectivity index (χ2v) is 2.62. The molecule has 0 amide bonds. The molecule has 1 atom stereocenters. The Morgan fingerprint density at radius 1 is 1.80 bits per heavy atom. The van der Waals surface area contributed by atoms with Crippen LogP contribution in [0, 0.1) is 12.3 Å². The summed E-state index contributed by atoms with van der Waals surface area (Å²) in [6.45, 7) is 5.61. The van der Waals surface area contributed by atoms with Crippen LogP contribution in [0.2, 0.25) is 0 Å². The van der Waals surface area contributed by atoms with E-state index in [1.54, 1.807) is 0 Å². The zero-order valence-corrected chi connectivity index (χ0v) is 6.34. The van der Waals surface area contributed by atoms with Crippen molar-refractivity contribution in [3.05, 3.63) is 0 Å². The van der Waals surface area contributed by atoms with Crippen LogP contribution < -0.4 is 0 Å². The van der Waals surface area contributed by atoms with Gasteiger partial charge < -0.3 is 4.74 Å². The molecule has 0 N–H and O–H groups in total. The molecule has 0 aromatic heterocycles. The summed E-state index contributed by atoms with van der Waals surface area (Å²) >= 11 is 0. The lowest BCUT2D eigenvalue weighted by molar-refractivity contribution is -0.0133. The zero-order chi connectivity index (χ0) is 7.40. The minimum absolute atomic E-state index is 0.349. The van der Waals surface area contributed by atoms with Crippen molar-refractivity contribution in [2.45, 2.75) is 13.0 Å². The number of hydrogen-bond acceptors (Lipinski definition) is 2. The molecule has 1 aliphatic heterocycles. The minimum Gasteiger partial charge on any atom is -0.376 e. The lowest BCUT2D eigenvalue weighted by atomic mass is 10.3.